The highest BCUT2D eigenvalue weighted by Gasteiger charge is 2.22. The van der Waals surface area contributed by atoms with E-state index >= 15 is 0 Å². The second-order valence-corrected chi connectivity index (χ2v) is 6.60. The van der Waals surface area contributed by atoms with Crippen LogP contribution >= 0.6 is 7.91 Å². The van der Waals surface area contributed by atoms with Crippen LogP contribution in [0.15, 0.2) is 36.5 Å². The molecule has 1 unspecified atom stereocenters. The minimum Gasteiger partial charge on any atom is -0.367 e. The molecule has 0 amide bonds. The third-order valence-electron chi connectivity index (χ3n) is 3.25. The molecule has 0 aromatic rings. The van der Waals surface area contributed by atoms with Crippen LogP contribution in [-0.2, 0) is 13.9 Å². The van der Waals surface area contributed by atoms with Gasteiger partial charge in [-0.15, -0.1) is 4.20 Å². The van der Waals surface area contributed by atoms with Crippen molar-refractivity contribution in [2.75, 3.05) is 0 Å². The quantitative estimate of drug-likeness (QED) is 0.228. The van der Waals surface area contributed by atoms with E-state index in [0.717, 1.165) is 51.4 Å². The van der Waals surface area contributed by atoms with E-state index in [1.165, 1.54) is 0 Å². The summed E-state index contributed by atoms with van der Waals surface area (Å²) in [6.07, 6.45) is 21.6. The summed E-state index contributed by atoms with van der Waals surface area (Å²) >= 11 is 0. The van der Waals surface area contributed by atoms with Gasteiger partial charge in [0.15, 0.2) is 0 Å². The lowest BCUT2D eigenvalue weighted by molar-refractivity contribution is -0.135. The molecule has 0 spiro atoms. The van der Waals surface area contributed by atoms with Gasteiger partial charge in [-0.2, -0.15) is 0 Å². The number of halogens is 1. The van der Waals surface area contributed by atoms with E-state index in [0.29, 0.717) is 6.42 Å². The van der Waals surface area contributed by atoms with Gasteiger partial charge in [0.1, 0.15) is 0 Å². The van der Waals surface area contributed by atoms with Crippen molar-refractivity contribution in [2.24, 2.45) is 0 Å². The summed E-state index contributed by atoms with van der Waals surface area (Å²) in [6.45, 7) is 2.12. The topological polar surface area (TPSA) is 63.6 Å². The summed E-state index contributed by atoms with van der Waals surface area (Å²) in [4.78, 5) is 19.2. The van der Waals surface area contributed by atoms with Crippen LogP contribution in [0, 0.1) is 0 Å². The minimum atomic E-state index is -5.18. The number of hydrogen-bond acceptors (Lipinski definition) is 3. The van der Waals surface area contributed by atoms with Gasteiger partial charge in [-0.1, -0.05) is 62.6 Å². The van der Waals surface area contributed by atoms with E-state index in [-0.39, 0.29) is 6.42 Å². The van der Waals surface area contributed by atoms with Gasteiger partial charge < -0.3 is 4.52 Å². The number of unbranched alkanes of at least 4 members (excludes halogenated alkanes) is 5. The Morgan fingerprint density at radius 2 is 1.50 bits per heavy atom. The molecule has 6 heteroatoms. The molecule has 4 nitrogen and oxygen atoms in total. The summed E-state index contributed by atoms with van der Waals surface area (Å²) in [5, 5.41) is 0. The number of rotatable bonds is 14. The van der Waals surface area contributed by atoms with Crippen molar-refractivity contribution in [3.8, 4) is 0 Å². The highest BCUT2D eigenvalue weighted by molar-refractivity contribution is 7.47. The summed E-state index contributed by atoms with van der Waals surface area (Å²) in [5.41, 5.74) is 0. The average Bonchev–Trinajstić information content (AvgIpc) is 2.49. The monoisotopic (exact) mass is 360 g/mol. The standard InChI is InChI=1S/C18H30FO4P/c1-2-3-4-5-6-7-8-9-10-11-12-13-14-15-16-17-18(20)23-24(19,21)22/h3-4,6-7,9-10H,2,5,8,11-17H2,1H3,(H,21,22)/b4-3-,7-6-,10-9-. The largest absolute Gasteiger partial charge is 0.569 e. The van der Waals surface area contributed by atoms with Gasteiger partial charge in [-0.05, 0) is 38.5 Å². The molecule has 0 aliphatic rings. The van der Waals surface area contributed by atoms with Crippen LogP contribution in [0.5, 0.6) is 0 Å². The first-order valence-electron chi connectivity index (χ1n) is 8.65. The smallest absolute Gasteiger partial charge is 0.367 e. The summed E-state index contributed by atoms with van der Waals surface area (Å²) in [6, 6.07) is 0. The molecule has 0 bridgehead atoms. The van der Waals surface area contributed by atoms with Gasteiger partial charge >= 0.3 is 13.9 Å². The Bertz CT molecular complexity index is 452. The van der Waals surface area contributed by atoms with Crippen LogP contribution < -0.4 is 0 Å². The molecule has 0 saturated heterocycles. The Labute approximate surface area is 145 Å². The van der Waals surface area contributed by atoms with E-state index in [1.807, 2.05) is 0 Å². The van der Waals surface area contributed by atoms with Gasteiger partial charge in [0.25, 0.3) is 0 Å². The number of allylic oxidation sites excluding steroid dienone is 6. The highest BCUT2D eigenvalue weighted by atomic mass is 31.2. The fourth-order valence-corrected chi connectivity index (χ4v) is 2.40. The molecule has 0 aromatic carbocycles. The number of carbonyl (C=O) groups excluding carboxylic acids is 1. The fraction of sp³-hybridized carbons (Fsp3) is 0.611. The molecule has 0 aliphatic heterocycles. The molecule has 0 radical (unpaired) electrons. The average molecular weight is 360 g/mol. The SMILES string of the molecule is CC/C=C\C/C=C\C/C=C\CCCCCCCC(=O)OP(=O)(O)F. The van der Waals surface area contributed by atoms with Gasteiger partial charge in [0.05, 0.1) is 0 Å². The molecule has 1 atom stereocenters. The first kappa shape index (κ1) is 22.8. The van der Waals surface area contributed by atoms with Crippen molar-refractivity contribution < 1.29 is 23.0 Å². The minimum absolute atomic E-state index is 0.0197. The summed E-state index contributed by atoms with van der Waals surface area (Å²) < 4.78 is 26.2. The molecule has 0 saturated carbocycles. The molecule has 0 heterocycles. The highest BCUT2D eigenvalue weighted by Crippen LogP contribution is 2.43. The maximum Gasteiger partial charge on any atom is 0.569 e. The molecule has 0 fully saturated rings. The predicted molar refractivity (Wildman–Crippen MR) is 96.3 cm³/mol. The van der Waals surface area contributed by atoms with Gasteiger partial charge in [-0.25, -0.2) is 4.57 Å². The van der Waals surface area contributed by atoms with E-state index in [2.05, 4.69) is 47.9 Å². The van der Waals surface area contributed by atoms with Gasteiger partial charge in [0, 0.05) is 6.42 Å². The molecule has 138 valence electrons. The van der Waals surface area contributed by atoms with Crippen LogP contribution in [0.3, 0.4) is 0 Å². The van der Waals surface area contributed by atoms with Crippen LogP contribution in [-0.4, -0.2) is 10.9 Å². The van der Waals surface area contributed by atoms with Crippen molar-refractivity contribution in [1.29, 1.82) is 0 Å². The van der Waals surface area contributed by atoms with Crippen LogP contribution in [0.1, 0.15) is 71.1 Å². The van der Waals surface area contributed by atoms with Gasteiger partial charge in [-0.3, -0.25) is 9.69 Å². The van der Waals surface area contributed by atoms with Crippen molar-refractivity contribution >= 4 is 13.9 Å². The fourth-order valence-electron chi connectivity index (χ4n) is 2.06. The zero-order valence-electron chi connectivity index (χ0n) is 14.5. The Morgan fingerprint density at radius 1 is 0.958 bits per heavy atom. The Balaban J connectivity index is 3.39. The van der Waals surface area contributed by atoms with Crippen LogP contribution in [0.2, 0.25) is 0 Å². The lowest BCUT2D eigenvalue weighted by Crippen LogP contribution is -2.00. The molecule has 0 aromatic heterocycles. The Hall–Kier alpha value is -1.19. The summed E-state index contributed by atoms with van der Waals surface area (Å²) in [7, 11) is -5.18. The van der Waals surface area contributed by atoms with Crippen LogP contribution in [0.4, 0.5) is 4.20 Å². The van der Waals surface area contributed by atoms with E-state index in [4.69, 9.17) is 4.89 Å². The molecule has 0 aliphatic carbocycles. The molecule has 0 rings (SSSR count). The maximum atomic E-state index is 12.2. The third kappa shape index (κ3) is 18.9. The first-order chi connectivity index (χ1) is 11.5. The molecule has 24 heavy (non-hydrogen) atoms. The number of hydrogen-bond donors (Lipinski definition) is 1. The molecular weight excluding hydrogens is 330 g/mol. The normalized spacial score (nSPS) is 14.6. The zero-order chi connectivity index (χ0) is 18.1. The second-order valence-electron chi connectivity index (χ2n) is 5.52. The number of carbonyl (C=O) groups is 1. The lowest BCUT2D eigenvalue weighted by Gasteiger charge is -2.03. The van der Waals surface area contributed by atoms with Gasteiger partial charge in [0.2, 0.25) is 0 Å². The van der Waals surface area contributed by atoms with E-state index in [9.17, 15) is 13.6 Å². The summed E-state index contributed by atoms with van der Waals surface area (Å²) in [5.74, 6) is -0.954. The molecule has 1 N–H and O–H groups in total. The Kier molecular flexibility index (Phi) is 14.6. The zero-order valence-corrected chi connectivity index (χ0v) is 15.4. The Morgan fingerprint density at radius 3 is 2.12 bits per heavy atom. The van der Waals surface area contributed by atoms with Crippen molar-refractivity contribution in [3.63, 3.8) is 0 Å². The second kappa shape index (κ2) is 15.3. The lowest BCUT2D eigenvalue weighted by atomic mass is 10.1. The van der Waals surface area contributed by atoms with E-state index < -0.39 is 13.9 Å². The van der Waals surface area contributed by atoms with Crippen molar-refractivity contribution in [2.45, 2.75) is 71.1 Å². The van der Waals surface area contributed by atoms with Crippen molar-refractivity contribution in [3.05, 3.63) is 36.5 Å². The maximum absolute atomic E-state index is 12.2. The molecular formula is C18H30FO4P. The van der Waals surface area contributed by atoms with Crippen molar-refractivity contribution in [1.82, 2.24) is 0 Å². The first-order valence-corrected chi connectivity index (χ1v) is 10.1. The van der Waals surface area contributed by atoms with E-state index in [1.54, 1.807) is 0 Å². The predicted octanol–water partition coefficient (Wildman–Crippen LogP) is 6.19. The van der Waals surface area contributed by atoms with Crippen LogP contribution in [0.25, 0.3) is 0 Å². The third-order valence-corrected chi connectivity index (χ3v) is 3.67.